The monoisotopic (exact) mass is 435 g/mol. The zero-order valence-corrected chi connectivity index (χ0v) is 17.8. The molecule has 0 amide bonds. The largest absolute Gasteiger partial charge is 0.497 e. The number of halogens is 1. The fraction of sp³-hybridized carbons (Fsp3) is 0.182. The third-order valence-electron chi connectivity index (χ3n) is 4.97. The van der Waals surface area contributed by atoms with Crippen LogP contribution < -0.4 is 20.5 Å². The van der Waals surface area contributed by atoms with Crippen molar-refractivity contribution in [2.24, 2.45) is 0 Å². The molecule has 164 valence electrons. The first-order chi connectivity index (χ1) is 15.5. The third kappa shape index (κ3) is 4.29. The Bertz CT molecular complexity index is 1210. The molecule has 0 saturated carbocycles. The summed E-state index contributed by atoms with van der Waals surface area (Å²) in [4.78, 5) is 13.2. The SMILES string of the molecule is COc1ccc(-c2nc(N)nc(Nc3cc(OC)[nH]n3)c2[C@H](C)c2ccc(F)cn2)cc1. The Labute approximate surface area is 183 Å². The van der Waals surface area contributed by atoms with Crippen molar-refractivity contribution >= 4 is 17.6 Å². The van der Waals surface area contributed by atoms with Crippen LogP contribution in [0.3, 0.4) is 0 Å². The minimum atomic E-state index is -0.410. The van der Waals surface area contributed by atoms with Gasteiger partial charge >= 0.3 is 0 Å². The Balaban J connectivity index is 1.87. The Hall–Kier alpha value is -4.21. The molecule has 0 saturated heterocycles. The van der Waals surface area contributed by atoms with E-state index in [1.54, 1.807) is 19.2 Å². The van der Waals surface area contributed by atoms with Crippen molar-refractivity contribution in [3.8, 4) is 22.9 Å². The molecule has 0 aliphatic rings. The van der Waals surface area contributed by atoms with Gasteiger partial charge in [-0.2, -0.15) is 10.1 Å². The zero-order valence-electron chi connectivity index (χ0n) is 17.8. The molecular formula is C22H22FN7O2. The summed E-state index contributed by atoms with van der Waals surface area (Å²) < 4.78 is 23.9. The number of pyridine rings is 1. The van der Waals surface area contributed by atoms with E-state index in [4.69, 9.17) is 15.2 Å². The second kappa shape index (κ2) is 8.88. The zero-order chi connectivity index (χ0) is 22.7. The molecule has 0 radical (unpaired) electrons. The molecule has 0 aliphatic carbocycles. The van der Waals surface area contributed by atoms with Crippen LogP contribution >= 0.6 is 0 Å². The van der Waals surface area contributed by atoms with Crippen molar-refractivity contribution in [1.82, 2.24) is 25.1 Å². The van der Waals surface area contributed by atoms with Gasteiger partial charge in [0.25, 0.3) is 0 Å². The van der Waals surface area contributed by atoms with Gasteiger partial charge in [0.1, 0.15) is 17.4 Å². The second-order valence-electron chi connectivity index (χ2n) is 6.99. The Morgan fingerprint density at radius 3 is 2.47 bits per heavy atom. The third-order valence-corrected chi connectivity index (χ3v) is 4.97. The highest BCUT2D eigenvalue weighted by molar-refractivity contribution is 5.74. The first kappa shape index (κ1) is 21.0. The summed E-state index contributed by atoms with van der Waals surface area (Å²) in [6.45, 7) is 1.94. The summed E-state index contributed by atoms with van der Waals surface area (Å²) in [6, 6.07) is 12.1. The number of aromatic amines is 1. The number of anilines is 3. The molecular weight excluding hydrogens is 413 g/mol. The highest BCUT2D eigenvalue weighted by Gasteiger charge is 2.24. The number of nitrogens with one attached hydrogen (secondary N) is 2. The fourth-order valence-corrected chi connectivity index (χ4v) is 3.35. The predicted octanol–water partition coefficient (Wildman–Crippen LogP) is 3.90. The first-order valence-electron chi connectivity index (χ1n) is 9.78. The fourth-order valence-electron chi connectivity index (χ4n) is 3.35. The Kier molecular flexibility index (Phi) is 5.84. The molecule has 0 unspecified atom stereocenters. The lowest BCUT2D eigenvalue weighted by Gasteiger charge is -2.20. The molecule has 0 bridgehead atoms. The summed E-state index contributed by atoms with van der Waals surface area (Å²) in [5, 5.41) is 10.1. The van der Waals surface area contributed by atoms with Crippen LogP contribution in [-0.4, -0.2) is 39.4 Å². The quantitative estimate of drug-likeness (QED) is 0.399. The maximum absolute atomic E-state index is 13.5. The standard InChI is InChI=1S/C22H22FN7O2/c1-12(16-9-6-14(23)11-25-16)19-20(13-4-7-15(31-2)8-5-13)27-22(24)28-21(19)26-17-10-18(32-3)30-29-17/h4-12H,1-3H3,(H4,24,26,27,28,29,30)/t12-/m1/s1. The number of nitrogens with zero attached hydrogens (tertiary/aromatic N) is 4. The minimum absolute atomic E-state index is 0.0869. The van der Waals surface area contributed by atoms with Crippen molar-refractivity contribution in [3.63, 3.8) is 0 Å². The highest BCUT2D eigenvalue weighted by Crippen LogP contribution is 2.37. The van der Waals surface area contributed by atoms with Crippen molar-refractivity contribution < 1.29 is 13.9 Å². The number of nitrogens with two attached hydrogens (primary N) is 1. The molecule has 10 heteroatoms. The van der Waals surface area contributed by atoms with Crippen molar-refractivity contribution in [2.45, 2.75) is 12.8 Å². The molecule has 0 aliphatic heterocycles. The average molecular weight is 435 g/mol. The molecule has 4 aromatic rings. The number of H-pyrrole nitrogens is 1. The van der Waals surface area contributed by atoms with Gasteiger partial charge < -0.3 is 20.5 Å². The number of methoxy groups -OCH3 is 2. The van der Waals surface area contributed by atoms with E-state index in [-0.39, 0.29) is 11.9 Å². The van der Waals surface area contributed by atoms with Gasteiger partial charge in [-0.3, -0.25) is 4.98 Å². The van der Waals surface area contributed by atoms with Crippen LogP contribution in [0.5, 0.6) is 11.6 Å². The number of hydrogen-bond donors (Lipinski definition) is 3. The summed E-state index contributed by atoms with van der Waals surface area (Å²) in [5.41, 5.74) is 8.86. The van der Waals surface area contributed by atoms with Gasteiger partial charge in [-0.05, 0) is 36.4 Å². The van der Waals surface area contributed by atoms with E-state index in [0.717, 1.165) is 11.1 Å². The molecule has 3 heterocycles. The molecule has 32 heavy (non-hydrogen) atoms. The molecule has 0 spiro atoms. The average Bonchev–Trinajstić information content (AvgIpc) is 3.26. The van der Waals surface area contributed by atoms with Crippen LogP contribution in [0.15, 0.2) is 48.7 Å². The van der Waals surface area contributed by atoms with E-state index in [9.17, 15) is 4.39 Å². The molecule has 9 nitrogen and oxygen atoms in total. The lowest BCUT2D eigenvalue weighted by atomic mass is 9.92. The minimum Gasteiger partial charge on any atom is -0.497 e. The number of nitrogen functional groups attached to an aromatic ring is 1. The van der Waals surface area contributed by atoms with E-state index in [1.165, 1.54) is 19.4 Å². The van der Waals surface area contributed by atoms with Crippen LogP contribution in [0.4, 0.5) is 22.0 Å². The number of benzene rings is 1. The molecule has 0 fully saturated rings. The predicted molar refractivity (Wildman–Crippen MR) is 119 cm³/mol. The van der Waals surface area contributed by atoms with Gasteiger partial charge in [-0.25, -0.2) is 14.5 Å². The van der Waals surface area contributed by atoms with Crippen LogP contribution in [0.2, 0.25) is 0 Å². The lowest BCUT2D eigenvalue weighted by Crippen LogP contribution is -2.11. The van der Waals surface area contributed by atoms with Gasteiger partial charge in [0.2, 0.25) is 11.8 Å². The number of aromatic nitrogens is 5. The van der Waals surface area contributed by atoms with Gasteiger partial charge in [0, 0.05) is 28.8 Å². The van der Waals surface area contributed by atoms with Crippen LogP contribution in [-0.2, 0) is 0 Å². The highest BCUT2D eigenvalue weighted by atomic mass is 19.1. The summed E-state index contributed by atoms with van der Waals surface area (Å²) in [6.07, 6.45) is 1.18. The van der Waals surface area contributed by atoms with E-state index in [2.05, 4.69) is 30.5 Å². The van der Waals surface area contributed by atoms with Crippen LogP contribution in [0.1, 0.15) is 24.1 Å². The van der Waals surface area contributed by atoms with Crippen LogP contribution in [0, 0.1) is 5.82 Å². The first-order valence-corrected chi connectivity index (χ1v) is 9.78. The smallest absolute Gasteiger partial charge is 0.222 e. The molecule has 4 N–H and O–H groups in total. The normalized spacial score (nSPS) is 11.8. The van der Waals surface area contributed by atoms with Gasteiger partial charge in [0.05, 0.1) is 26.1 Å². The molecule has 4 rings (SSSR count). The van der Waals surface area contributed by atoms with E-state index in [0.29, 0.717) is 34.7 Å². The molecule has 3 aromatic heterocycles. The lowest BCUT2D eigenvalue weighted by molar-refractivity contribution is 0.397. The topological polar surface area (TPSA) is 124 Å². The summed E-state index contributed by atoms with van der Waals surface area (Å²) in [5.74, 6) is 1.52. The molecule has 1 aromatic carbocycles. The van der Waals surface area contributed by atoms with E-state index >= 15 is 0 Å². The molecule has 1 atom stereocenters. The summed E-state index contributed by atoms with van der Waals surface area (Å²) >= 11 is 0. The van der Waals surface area contributed by atoms with Crippen molar-refractivity contribution in [3.05, 3.63) is 65.7 Å². The number of hydrogen-bond acceptors (Lipinski definition) is 8. The van der Waals surface area contributed by atoms with Gasteiger partial charge in [0.15, 0.2) is 5.82 Å². The maximum atomic E-state index is 13.5. The van der Waals surface area contributed by atoms with Gasteiger partial charge in [-0.1, -0.05) is 6.92 Å². The number of ether oxygens (including phenoxy) is 2. The van der Waals surface area contributed by atoms with E-state index < -0.39 is 5.82 Å². The second-order valence-corrected chi connectivity index (χ2v) is 6.99. The summed E-state index contributed by atoms with van der Waals surface area (Å²) in [7, 11) is 3.14. The maximum Gasteiger partial charge on any atom is 0.222 e. The van der Waals surface area contributed by atoms with Gasteiger partial charge in [-0.15, -0.1) is 0 Å². The van der Waals surface area contributed by atoms with Crippen molar-refractivity contribution in [2.75, 3.05) is 25.3 Å². The van der Waals surface area contributed by atoms with Crippen LogP contribution in [0.25, 0.3) is 11.3 Å². The number of rotatable bonds is 7. The Morgan fingerprint density at radius 1 is 1.06 bits per heavy atom. The van der Waals surface area contributed by atoms with E-state index in [1.807, 2.05) is 31.2 Å². The van der Waals surface area contributed by atoms with Crippen molar-refractivity contribution in [1.29, 1.82) is 0 Å². The Morgan fingerprint density at radius 2 is 1.84 bits per heavy atom.